The van der Waals surface area contributed by atoms with Gasteiger partial charge in [-0.2, -0.15) is 0 Å². The Morgan fingerprint density at radius 2 is 2.00 bits per heavy atom. The normalized spacial score (nSPS) is 16.4. The zero-order valence-electron chi connectivity index (χ0n) is 7.84. The van der Waals surface area contributed by atoms with Crippen molar-refractivity contribution < 1.29 is 9.84 Å². The molecule has 0 amide bonds. The number of aliphatic hydroxyl groups is 1. The van der Waals surface area contributed by atoms with E-state index in [1.54, 1.807) is 6.92 Å². The van der Waals surface area contributed by atoms with Gasteiger partial charge < -0.3 is 9.84 Å². The maximum atomic E-state index is 9.10. The van der Waals surface area contributed by atoms with Gasteiger partial charge >= 0.3 is 0 Å². The first kappa shape index (κ1) is 10.9. The molecule has 0 saturated carbocycles. The SMILES string of the molecule is CCCCOC[C@H](C)[C@@H](C)O. The molecule has 11 heavy (non-hydrogen) atoms. The zero-order chi connectivity index (χ0) is 8.69. The summed E-state index contributed by atoms with van der Waals surface area (Å²) in [5.74, 6) is 0.256. The van der Waals surface area contributed by atoms with E-state index in [2.05, 4.69) is 6.92 Å². The standard InChI is InChI=1S/C9H20O2/c1-4-5-6-11-7-8(2)9(3)10/h8-10H,4-7H2,1-3H3/t8-,9+/m0/s1. The van der Waals surface area contributed by atoms with Gasteiger partial charge in [-0.15, -0.1) is 0 Å². The van der Waals surface area contributed by atoms with Gasteiger partial charge in [-0.05, 0) is 13.3 Å². The minimum atomic E-state index is -0.253. The van der Waals surface area contributed by atoms with Crippen molar-refractivity contribution in [2.45, 2.75) is 39.7 Å². The number of ether oxygens (including phenoxy) is 1. The van der Waals surface area contributed by atoms with Crippen LogP contribution in [-0.4, -0.2) is 24.4 Å². The van der Waals surface area contributed by atoms with Crippen LogP contribution in [0, 0.1) is 5.92 Å². The van der Waals surface area contributed by atoms with E-state index >= 15 is 0 Å². The highest BCUT2D eigenvalue weighted by molar-refractivity contribution is 4.56. The first-order chi connectivity index (χ1) is 5.18. The maximum Gasteiger partial charge on any atom is 0.0559 e. The Balaban J connectivity index is 3.10. The summed E-state index contributed by atoms with van der Waals surface area (Å²) in [4.78, 5) is 0. The summed E-state index contributed by atoms with van der Waals surface area (Å²) in [6.07, 6.45) is 2.03. The summed E-state index contributed by atoms with van der Waals surface area (Å²) < 4.78 is 5.34. The minimum absolute atomic E-state index is 0.253. The zero-order valence-corrected chi connectivity index (χ0v) is 7.84. The van der Waals surface area contributed by atoms with Crippen LogP contribution in [0.4, 0.5) is 0 Å². The Labute approximate surface area is 69.6 Å². The van der Waals surface area contributed by atoms with Crippen LogP contribution in [0.3, 0.4) is 0 Å². The van der Waals surface area contributed by atoms with E-state index in [0.717, 1.165) is 13.0 Å². The summed E-state index contributed by atoms with van der Waals surface area (Å²) >= 11 is 0. The van der Waals surface area contributed by atoms with Gasteiger partial charge in [0.1, 0.15) is 0 Å². The molecule has 0 saturated heterocycles. The second-order valence-corrected chi connectivity index (χ2v) is 3.15. The maximum absolute atomic E-state index is 9.10. The molecular weight excluding hydrogens is 140 g/mol. The number of aliphatic hydroxyl groups excluding tert-OH is 1. The van der Waals surface area contributed by atoms with Crippen LogP contribution in [-0.2, 0) is 4.74 Å². The number of hydrogen-bond acceptors (Lipinski definition) is 2. The molecule has 2 atom stereocenters. The summed E-state index contributed by atoms with van der Waals surface area (Å²) in [6, 6.07) is 0. The van der Waals surface area contributed by atoms with Crippen LogP contribution in [0.25, 0.3) is 0 Å². The Bertz CT molecular complexity index is 81.6. The molecule has 2 nitrogen and oxygen atoms in total. The highest BCUT2D eigenvalue weighted by Crippen LogP contribution is 2.02. The van der Waals surface area contributed by atoms with Crippen molar-refractivity contribution in [1.29, 1.82) is 0 Å². The van der Waals surface area contributed by atoms with Gasteiger partial charge in [0.25, 0.3) is 0 Å². The Kier molecular flexibility index (Phi) is 6.57. The van der Waals surface area contributed by atoms with Gasteiger partial charge in [0.15, 0.2) is 0 Å². The van der Waals surface area contributed by atoms with Gasteiger partial charge in [-0.1, -0.05) is 20.3 Å². The van der Waals surface area contributed by atoms with Gasteiger partial charge in [0.2, 0.25) is 0 Å². The van der Waals surface area contributed by atoms with E-state index in [4.69, 9.17) is 9.84 Å². The topological polar surface area (TPSA) is 29.5 Å². The van der Waals surface area contributed by atoms with E-state index in [1.165, 1.54) is 6.42 Å². The summed E-state index contributed by atoms with van der Waals surface area (Å²) in [5.41, 5.74) is 0. The van der Waals surface area contributed by atoms with E-state index < -0.39 is 0 Å². The minimum Gasteiger partial charge on any atom is -0.393 e. The fraction of sp³-hybridized carbons (Fsp3) is 1.00. The lowest BCUT2D eigenvalue weighted by molar-refractivity contribution is 0.0433. The largest absolute Gasteiger partial charge is 0.393 e. The summed E-state index contributed by atoms with van der Waals surface area (Å²) in [7, 11) is 0. The Morgan fingerprint density at radius 3 is 2.45 bits per heavy atom. The van der Waals surface area contributed by atoms with Gasteiger partial charge in [-0.3, -0.25) is 0 Å². The molecule has 0 aromatic heterocycles. The second-order valence-electron chi connectivity index (χ2n) is 3.15. The first-order valence-corrected chi connectivity index (χ1v) is 4.44. The third-order valence-corrected chi connectivity index (χ3v) is 1.85. The molecule has 0 aromatic carbocycles. The van der Waals surface area contributed by atoms with Crippen molar-refractivity contribution in [2.75, 3.05) is 13.2 Å². The quantitative estimate of drug-likeness (QED) is 0.600. The molecule has 0 aliphatic carbocycles. The molecule has 0 aromatic rings. The predicted octanol–water partition coefficient (Wildman–Crippen LogP) is 1.82. The molecule has 0 unspecified atom stereocenters. The molecule has 0 aliphatic rings. The fourth-order valence-corrected chi connectivity index (χ4v) is 0.655. The van der Waals surface area contributed by atoms with E-state index in [-0.39, 0.29) is 12.0 Å². The third-order valence-electron chi connectivity index (χ3n) is 1.85. The van der Waals surface area contributed by atoms with Gasteiger partial charge in [0, 0.05) is 12.5 Å². The van der Waals surface area contributed by atoms with Crippen LogP contribution < -0.4 is 0 Å². The molecule has 0 radical (unpaired) electrons. The van der Waals surface area contributed by atoms with Crippen LogP contribution in [0.5, 0.6) is 0 Å². The van der Waals surface area contributed by atoms with Crippen LogP contribution in [0.2, 0.25) is 0 Å². The molecule has 0 bridgehead atoms. The molecular formula is C9H20O2. The molecule has 0 spiro atoms. The smallest absolute Gasteiger partial charge is 0.0559 e. The average Bonchev–Trinajstić information content (AvgIpc) is 1.97. The lowest BCUT2D eigenvalue weighted by Crippen LogP contribution is -2.19. The van der Waals surface area contributed by atoms with Gasteiger partial charge in [0.05, 0.1) is 12.7 Å². The summed E-state index contributed by atoms with van der Waals surface area (Å²) in [6.45, 7) is 7.44. The average molecular weight is 160 g/mol. The summed E-state index contributed by atoms with van der Waals surface area (Å²) in [5, 5.41) is 9.10. The Morgan fingerprint density at radius 1 is 1.36 bits per heavy atom. The number of unbranched alkanes of at least 4 members (excludes halogenated alkanes) is 1. The predicted molar refractivity (Wildman–Crippen MR) is 46.6 cm³/mol. The molecule has 2 heteroatoms. The molecule has 68 valence electrons. The van der Waals surface area contributed by atoms with Crippen molar-refractivity contribution in [1.82, 2.24) is 0 Å². The fourth-order valence-electron chi connectivity index (χ4n) is 0.655. The highest BCUT2D eigenvalue weighted by atomic mass is 16.5. The molecule has 0 rings (SSSR count). The van der Waals surface area contributed by atoms with E-state index in [1.807, 2.05) is 6.92 Å². The van der Waals surface area contributed by atoms with Gasteiger partial charge in [-0.25, -0.2) is 0 Å². The first-order valence-electron chi connectivity index (χ1n) is 4.44. The van der Waals surface area contributed by atoms with E-state index in [9.17, 15) is 0 Å². The molecule has 0 heterocycles. The number of hydrogen-bond donors (Lipinski definition) is 1. The lowest BCUT2D eigenvalue weighted by atomic mass is 10.1. The molecule has 1 N–H and O–H groups in total. The molecule has 0 aliphatic heterocycles. The second kappa shape index (κ2) is 6.62. The van der Waals surface area contributed by atoms with Crippen molar-refractivity contribution >= 4 is 0 Å². The molecule has 0 fully saturated rings. The van der Waals surface area contributed by atoms with Crippen molar-refractivity contribution in [3.63, 3.8) is 0 Å². The van der Waals surface area contributed by atoms with Crippen LogP contribution in [0.15, 0.2) is 0 Å². The Hall–Kier alpha value is -0.0800. The highest BCUT2D eigenvalue weighted by Gasteiger charge is 2.07. The van der Waals surface area contributed by atoms with Crippen molar-refractivity contribution in [3.8, 4) is 0 Å². The van der Waals surface area contributed by atoms with Crippen molar-refractivity contribution in [3.05, 3.63) is 0 Å². The van der Waals surface area contributed by atoms with Crippen LogP contribution in [0.1, 0.15) is 33.6 Å². The van der Waals surface area contributed by atoms with Crippen molar-refractivity contribution in [2.24, 2.45) is 5.92 Å². The number of rotatable bonds is 6. The lowest BCUT2D eigenvalue weighted by Gasteiger charge is -2.14. The monoisotopic (exact) mass is 160 g/mol. The van der Waals surface area contributed by atoms with E-state index in [0.29, 0.717) is 6.61 Å². The van der Waals surface area contributed by atoms with Crippen LogP contribution >= 0.6 is 0 Å². The third kappa shape index (κ3) is 6.32.